The Kier molecular flexibility index (Phi) is 6.90. The van der Waals surface area contributed by atoms with Crippen molar-refractivity contribution in [1.29, 1.82) is 0 Å². The largest absolute Gasteiger partial charge is 0.497 e. The Morgan fingerprint density at radius 3 is 2.29 bits per heavy atom. The van der Waals surface area contributed by atoms with Gasteiger partial charge in [0.15, 0.2) is 13.2 Å². The molecule has 0 unspecified atom stereocenters. The van der Waals surface area contributed by atoms with Gasteiger partial charge in [-0.1, -0.05) is 6.92 Å². The lowest BCUT2D eigenvalue weighted by Gasteiger charge is -2.26. The van der Waals surface area contributed by atoms with Crippen molar-refractivity contribution >= 4 is 11.9 Å². The maximum absolute atomic E-state index is 11.8. The first-order valence-corrected chi connectivity index (χ1v) is 8.28. The Labute approximate surface area is 142 Å². The molecule has 6 heteroatoms. The molecule has 1 aliphatic carbocycles. The van der Waals surface area contributed by atoms with Crippen LogP contribution in [0, 0.1) is 5.92 Å². The van der Waals surface area contributed by atoms with E-state index in [0.29, 0.717) is 11.5 Å². The molecule has 0 atom stereocenters. The van der Waals surface area contributed by atoms with Gasteiger partial charge in [-0.3, -0.25) is 4.79 Å². The third-order valence-corrected chi connectivity index (χ3v) is 4.16. The molecule has 0 aromatic heterocycles. The van der Waals surface area contributed by atoms with E-state index in [2.05, 4.69) is 12.2 Å². The van der Waals surface area contributed by atoms with Gasteiger partial charge in [0.1, 0.15) is 11.5 Å². The summed E-state index contributed by atoms with van der Waals surface area (Å²) in [7, 11) is 1.58. The normalized spacial score (nSPS) is 20.1. The Hall–Kier alpha value is -2.24. The first-order chi connectivity index (χ1) is 11.6. The van der Waals surface area contributed by atoms with Gasteiger partial charge in [0.2, 0.25) is 0 Å². The lowest BCUT2D eigenvalue weighted by Crippen LogP contribution is -2.39. The van der Waals surface area contributed by atoms with E-state index in [0.717, 1.165) is 31.6 Å². The highest BCUT2D eigenvalue weighted by Crippen LogP contribution is 2.23. The highest BCUT2D eigenvalue weighted by atomic mass is 16.6. The van der Waals surface area contributed by atoms with Crippen LogP contribution >= 0.6 is 0 Å². The predicted molar refractivity (Wildman–Crippen MR) is 89.0 cm³/mol. The van der Waals surface area contributed by atoms with Crippen LogP contribution in [-0.2, 0) is 14.3 Å². The van der Waals surface area contributed by atoms with Gasteiger partial charge >= 0.3 is 5.97 Å². The molecule has 1 fully saturated rings. The van der Waals surface area contributed by atoms with Crippen molar-refractivity contribution in [2.24, 2.45) is 5.92 Å². The summed E-state index contributed by atoms with van der Waals surface area (Å²) in [5.41, 5.74) is 0. The molecule has 1 aromatic rings. The summed E-state index contributed by atoms with van der Waals surface area (Å²) in [6.45, 7) is 1.72. The fourth-order valence-electron chi connectivity index (χ4n) is 2.68. The number of amides is 1. The molecule has 2 rings (SSSR count). The molecule has 0 heterocycles. The molecule has 1 amide bonds. The zero-order valence-corrected chi connectivity index (χ0v) is 14.2. The zero-order chi connectivity index (χ0) is 17.4. The van der Waals surface area contributed by atoms with Crippen LogP contribution in [0.2, 0.25) is 0 Å². The number of benzene rings is 1. The zero-order valence-electron chi connectivity index (χ0n) is 14.2. The van der Waals surface area contributed by atoms with Gasteiger partial charge in [0, 0.05) is 6.04 Å². The van der Waals surface area contributed by atoms with Crippen LogP contribution < -0.4 is 14.8 Å². The molecule has 0 aliphatic heterocycles. The SMILES string of the molecule is COc1ccc(OCC(=O)OCC(=O)NC2CCC(C)CC2)cc1. The van der Waals surface area contributed by atoms with Crippen LogP contribution in [-0.4, -0.2) is 38.2 Å². The number of carbonyl (C=O) groups excluding carboxylic acids is 2. The van der Waals surface area contributed by atoms with E-state index in [1.54, 1.807) is 31.4 Å². The van der Waals surface area contributed by atoms with E-state index < -0.39 is 5.97 Å². The second kappa shape index (κ2) is 9.15. The van der Waals surface area contributed by atoms with Crippen molar-refractivity contribution in [2.75, 3.05) is 20.3 Å². The number of methoxy groups -OCH3 is 1. The predicted octanol–water partition coefficient (Wildman–Crippen LogP) is 2.31. The molecule has 1 N–H and O–H groups in total. The second-order valence-electron chi connectivity index (χ2n) is 6.15. The fourth-order valence-corrected chi connectivity index (χ4v) is 2.68. The number of carbonyl (C=O) groups is 2. The smallest absolute Gasteiger partial charge is 0.344 e. The molecule has 24 heavy (non-hydrogen) atoms. The molecular formula is C18H25NO5. The first kappa shape index (κ1) is 18.1. The van der Waals surface area contributed by atoms with Gasteiger partial charge in [-0.2, -0.15) is 0 Å². The first-order valence-electron chi connectivity index (χ1n) is 8.28. The van der Waals surface area contributed by atoms with Gasteiger partial charge in [0.25, 0.3) is 5.91 Å². The standard InChI is InChI=1S/C18H25NO5/c1-13-3-5-14(6-4-13)19-17(20)11-24-18(21)12-23-16-9-7-15(22-2)8-10-16/h7-10,13-14H,3-6,11-12H2,1-2H3,(H,19,20). The quantitative estimate of drug-likeness (QED) is 0.774. The Balaban J connectivity index is 1.62. The summed E-state index contributed by atoms with van der Waals surface area (Å²) in [6.07, 6.45) is 4.23. The Bertz CT molecular complexity index is 535. The molecule has 1 aromatic carbocycles. The van der Waals surface area contributed by atoms with Gasteiger partial charge in [-0.25, -0.2) is 4.79 Å². The topological polar surface area (TPSA) is 73.9 Å². The Morgan fingerprint density at radius 2 is 1.67 bits per heavy atom. The van der Waals surface area contributed by atoms with Crippen LogP contribution in [0.4, 0.5) is 0 Å². The third kappa shape index (κ3) is 6.10. The van der Waals surface area contributed by atoms with Gasteiger partial charge in [0.05, 0.1) is 7.11 Å². The number of rotatable bonds is 7. The number of hydrogen-bond donors (Lipinski definition) is 1. The monoisotopic (exact) mass is 335 g/mol. The van der Waals surface area contributed by atoms with E-state index in [9.17, 15) is 9.59 Å². The molecule has 0 spiro atoms. The van der Waals surface area contributed by atoms with Crippen molar-refractivity contribution in [3.05, 3.63) is 24.3 Å². The number of esters is 1. The van der Waals surface area contributed by atoms with Crippen molar-refractivity contribution in [3.63, 3.8) is 0 Å². The van der Waals surface area contributed by atoms with Crippen molar-refractivity contribution in [3.8, 4) is 11.5 Å². The molecule has 1 aliphatic rings. The van der Waals surface area contributed by atoms with E-state index in [1.807, 2.05) is 0 Å². The molecular weight excluding hydrogens is 310 g/mol. The third-order valence-electron chi connectivity index (χ3n) is 4.16. The molecule has 0 bridgehead atoms. The average Bonchev–Trinajstić information content (AvgIpc) is 2.60. The fraction of sp³-hybridized carbons (Fsp3) is 0.556. The van der Waals surface area contributed by atoms with Crippen molar-refractivity contribution < 1.29 is 23.8 Å². The lowest BCUT2D eigenvalue weighted by atomic mass is 9.87. The molecule has 0 saturated heterocycles. The van der Waals surface area contributed by atoms with E-state index >= 15 is 0 Å². The minimum atomic E-state index is -0.571. The molecule has 132 valence electrons. The summed E-state index contributed by atoms with van der Waals surface area (Å²) in [6, 6.07) is 7.06. The highest BCUT2D eigenvalue weighted by Gasteiger charge is 2.20. The summed E-state index contributed by atoms with van der Waals surface area (Å²) >= 11 is 0. The van der Waals surface area contributed by atoms with Gasteiger partial charge < -0.3 is 19.5 Å². The van der Waals surface area contributed by atoms with Crippen LogP contribution in [0.15, 0.2) is 24.3 Å². The van der Waals surface area contributed by atoms with E-state index in [-0.39, 0.29) is 25.2 Å². The van der Waals surface area contributed by atoms with Crippen LogP contribution in [0.1, 0.15) is 32.6 Å². The summed E-state index contributed by atoms with van der Waals surface area (Å²) < 4.78 is 15.3. The van der Waals surface area contributed by atoms with Crippen molar-refractivity contribution in [2.45, 2.75) is 38.6 Å². The highest BCUT2D eigenvalue weighted by molar-refractivity contribution is 5.81. The number of hydrogen-bond acceptors (Lipinski definition) is 5. The molecule has 1 saturated carbocycles. The van der Waals surface area contributed by atoms with Crippen molar-refractivity contribution in [1.82, 2.24) is 5.32 Å². The van der Waals surface area contributed by atoms with E-state index in [1.165, 1.54) is 0 Å². The Morgan fingerprint density at radius 1 is 1.04 bits per heavy atom. The maximum Gasteiger partial charge on any atom is 0.344 e. The van der Waals surface area contributed by atoms with E-state index in [4.69, 9.17) is 14.2 Å². The maximum atomic E-state index is 11.8. The lowest BCUT2D eigenvalue weighted by molar-refractivity contribution is -0.150. The number of nitrogens with one attached hydrogen (secondary N) is 1. The molecule has 6 nitrogen and oxygen atoms in total. The molecule has 0 radical (unpaired) electrons. The second-order valence-corrected chi connectivity index (χ2v) is 6.15. The summed E-state index contributed by atoms with van der Waals surface area (Å²) in [5, 5.41) is 2.91. The summed E-state index contributed by atoms with van der Waals surface area (Å²) in [5.74, 6) is 1.14. The average molecular weight is 335 g/mol. The minimum absolute atomic E-state index is 0.197. The minimum Gasteiger partial charge on any atom is -0.497 e. The summed E-state index contributed by atoms with van der Waals surface area (Å²) in [4.78, 5) is 23.4. The van der Waals surface area contributed by atoms with Crippen LogP contribution in [0.5, 0.6) is 11.5 Å². The van der Waals surface area contributed by atoms with Gasteiger partial charge in [-0.15, -0.1) is 0 Å². The number of ether oxygens (including phenoxy) is 3. The van der Waals surface area contributed by atoms with Crippen LogP contribution in [0.25, 0.3) is 0 Å². The van der Waals surface area contributed by atoms with Gasteiger partial charge in [-0.05, 0) is 55.9 Å². The van der Waals surface area contributed by atoms with Crippen LogP contribution in [0.3, 0.4) is 0 Å².